The van der Waals surface area contributed by atoms with Gasteiger partial charge in [-0.1, -0.05) is 5.06 Å². The minimum Gasteiger partial charge on any atom is -0.740 e. The molecule has 8 nitrogen and oxygen atoms in total. The molecule has 0 aromatic carbocycles. The van der Waals surface area contributed by atoms with Gasteiger partial charge >= 0.3 is 6.16 Å². The third kappa shape index (κ3) is 2.50. The molecule has 0 bridgehead atoms. The van der Waals surface area contributed by atoms with Crippen molar-refractivity contribution in [1.29, 1.82) is 0 Å². The van der Waals surface area contributed by atoms with Crippen LogP contribution in [0.3, 0.4) is 0 Å². The molecule has 78 valence electrons. The smallest absolute Gasteiger partial charge is 0.547 e. The van der Waals surface area contributed by atoms with Crippen molar-refractivity contribution in [3.05, 3.63) is 0 Å². The maximum absolute atomic E-state index is 10.8. The molecule has 1 fully saturated rings. The van der Waals surface area contributed by atoms with E-state index in [-0.39, 0.29) is 17.9 Å². The molecule has 1 atom stereocenters. The van der Waals surface area contributed by atoms with Gasteiger partial charge in [0.15, 0.2) is 0 Å². The highest BCUT2D eigenvalue weighted by atomic mass is 32.2. The van der Waals surface area contributed by atoms with Gasteiger partial charge in [0.1, 0.15) is 11.4 Å². The van der Waals surface area contributed by atoms with Crippen LogP contribution in [-0.4, -0.2) is 31.8 Å². The summed E-state index contributed by atoms with van der Waals surface area (Å²) in [6.07, 6.45) is -1.80. The highest BCUT2D eigenvalue weighted by Crippen LogP contribution is 2.12. The number of imide groups is 1. The number of nitrogens with zero attached hydrogens (tertiary/aromatic N) is 1. The van der Waals surface area contributed by atoms with E-state index in [0.717, 1.165) is 0 Å². The van der Waals surface area contributed by atoms with Crippen molar-refractivity contribution in [2.24, 2.45) is 0 Å². The van der Waals surface area contributed by atoms with Gasteiger partial charge in [0.2, 0.25) is 0 Å². The summed E-state index contributed by atoms with van der Waals surface area (Å²) in [4.78, 5) is 36.2. The summed E-state index contributed by atoms with van der Waals surface area (Å²) >= 11 is -3.09. The van der Waals surface area contributed by atoms with E-state index in [1.165, 1.54) is 0 Å². The van der Waals surface area contributed by atoms with E-state index < -0.39 is 29.3 Å². The largest absolute Gasteiger partial charge is 0.740 e. The standard InChI is InChI=1S/C5H5NO7S/c7-3-1-2-4(8)6(3)12-5(9)13-14(10)11/h1-2H2,(H,10,11)/p-1. The van der Waals surface area contributed by atoms with Crippen LogP contribution in [0.15, 0.2) is 0 Å². The first-order chi connectivity index (χ1) is 6.50. The van der Waals surface area contributed by atoms with Crippen LogP contribution in [0.2, 0.25) is 0 Å². The minimum absolute atomic E-state index is 0.0768. The Labute approximate surface area is 80.2 Å². The lowest BCUT2D eigenvalue weighted by Crippen LogP contribution is -2.32. The molecule has 1 heterocycles. The van der Waals surface area contributed by atoms with Crippen molar-refractivity contribution in [3.8, 4) is 0 Å². The first kappa shape index (κ1) is 10.6. The van der Waals surface area contributed by atoms with Crippen molar-refractivity contribution in [1.82, 2.24) is 5.06 Å². The molecular formula is C5H4NO7S-. The first-order valence-corrected chi connectivity index (χ1v) is 4.36. The number of hydrogen-bond acceptors (Lipinski definition) is 7. The molecule has 0 spiro atoms. The summed E-state index contributed by atoms with van der Waals surface area (Å²) in [5.41, 5.74) is 0. The highest BCUT2D eigenvalue weighted by molar-refractivity contribution is 7.74. The molecule has 2 amide bonds. The van der Waals surface area contributed by atoms with Crippen molar-refractivity contribution >= 4 is 29.3 Å². The van der Waals surface area contributed by atoms with Crippen molar-refractivity contribution in [2.45, 2.75) is 12.8 Å². The SMILES string of the molecule is O=C(ON1C(=O)CCC1=O)OS(=O)[O-]. The Bertz CT molecular complexity index is 297. The maximum Gasteiger partial charge on any atom is 0.547 e. The van der Waals surface area contributed by atoms with Gasteiger partial charge in [-0.2, -0.15) is 0 Å². The molecule has 1 aliphatic heterocycles. The molecule has 0 N–H and O–H groups in total. The zero-order valence-corrected chi connectivity index (χ0v) is 7.44. The van der Waals surface area contributed by atoms with Crippen LogP contribution in [-0.2, 0) is 30.0 Å². The van der Waals surface area contributed by atoms with Gasteiger partial charge in [0.25, 0.3) is 11.8 Å². The summed E-state index contributed by atoms with van der Waals surface area (Å²) in [6.45, 7) is 0. The average molecular weight is 222 g/mol. The fourth-order valence-corrected chi connectivity index (χ4v) is 0.945. The van der Waals surface area contributed by atoms with E-state index in [0.29, 0.717) is 0 Å². The predicted molar refractivity (Wildman–Crippen MR) is 37.6 cm³/mol. The van der Waals surface area contributed by atoms with E-state index in [1.807, 2.05) is 0 Å². The van der Waals surface area contributed by atoms with Gasteiger partial charge in [-0.05, 0) is 0 Å². The lowest BCUT2D eigenvalue weighted by Gasteiger charge is -2.12. The summed E-state index contributed by atoms with van der Waals surface area (Å²) in [5, 5.41) is 0.176. The molecule has 0 aromatic heterocycles. The van der Waals surface area contributed by atoms with Crippen molar-refractivity contribution in [3.63, 3.8) is 0 Å². The molecular weight excluding hydrogens is 218 g/mol. The van der Waals surface area contributed by atoms with Gasteiger partial charge in [0, 0.05) is 12.8 Å². The molecule has 1 unspecified atom stereocenters. The molecule has 14 heavy (non-hydrogen) atoms. The Hall–Kier alpha value is -1.48. The number of rotatable bonds is 2. The number of hydrogen-bond donors (Lipinski definition) is 0. The zero-order valence-electron chi connectivity index (χ0n) is 6.63. The summed E-state index contributed by atoms with van der Waals surface area (Å²) in [6, 6.07) is 0. The van der Waals surface area contributed by atoms with E-state index in [1.54, 1.807) is 0 Å². The first-order valence-electron chi connectivity index (χ1n) is 3.36. The Morgan fingerprint density at radius 2 is 1.86 bits per heavy atom. The number of hydroxylamine groups is 2. The van der Waals surface area contributed by atoms with E-state index in [4.69, 9.17) is 0 Å². The van der Waals surface area contributed by atoms with Gasteiger partial charge in [0.05, 0.1) is 0 Å². The predicted octanol–water partition coefficient (Wildman–Crippen LogP) is -1.00. The van der Waals surface area contributed by atoms with Crippen LogP contribution in [0.25, 0.3) is 0 Å². The van der Waals surface area contributed by atoms with Gasteiger partial charge in [-0.25, -0.2) is 9.00 Å². The van der Waals surface area contributed by atoms with Gasteiger partial charge in [-0.3, -0.25) is 14.4 Å². The number of amides is 2. The molecule has 9 heteroatoms. The number of carbonyl (C=O) groups is 3. The molecule has 1 aliphatic rings. The van der Waals surface area contributed by atoms with Crippen LogP contribution in [0.4, 0.5) is 4.79 Å². The van der Waals surface area contributed by atoms with Crippen molar-refractivity contribution in [2.75, 3.05) is 0 Å². The molecule has 1 saturated heterocycles. The van der Waals surface area contributed by atoms with Gasteiger partial charge < -0.3 is 8.74 Å². The van der Waals surface area contributed by atoms with Gasteiger partial charge in [-0.15, -0.1) is 0 Å². The Kier molecular flexibility index (Phi) is 3.14. The van der Waals surface area contributed by atoms with Crippen LogP contribution in [0, 0.1) is 0 Å². The number of carbonyl (C=O) groups excluding carboxylic acids is 3. The molecule has 0 saturated carbocycles. The topological polar surface area (TPSA) is 113 Å². The second kappa shape index (κ2) is 4.15. The third-order valence-electron chi connectivity index (χ3n) is 1.31. The maximum atomic E-state index is 10.8. The second-order valence-corrected chi connectivity index (χ2v) is 2.79. The van der Waals surface area contributed by atoms with Crippen LogP contribution >= 0.6 is 0 Å². The van der Waals surface area contributed by atoms with Crippen molar-refractivity contribution < 1.29 is 32.2 Å². The fraction of sp³-hybridized carbons (Fsp3) is 0.400. The normalized spacial score (nSPS) is 18.2. The second-order valence-electron chi connectivity index (χ2n) is 2.21. The van der Waals surface area contributed by atoms with Crippen LogP contribution in [0.5, 0.6) is 0 Å². The van der Waals surface area contributed by atoms with Crippen LogP contribution < -0.4 is 0 Å². The Balaban J connectivity index is 2.51. The van der Waals surface area contributed by atoms with Crippen LogP contribution in [0.1, 0.15) is 12.8 Å². The van der Waals surface area contributed by atoms with E-state index in [9.17, 15) is 23.1 Å². The monoisotopic (exact) mass is 222 g/mol. The third-order valence-corrected chi connectivity index (χ3v) is 1.58. The quantitative estimate of drug-likeness (QED) is 0.434. The van der Waals surface area contributed by atoms with E-state index >= 15 is 0 Å². The molecule has 1 rings (SSSR count). The minimum atomic E-state index is -3.09. The highest BCUT2D eigenvalue weighted by Gasteiger charge is 2.33. The summed E-state index contributed by atoms with van der Waals surface area (Å²) in [7, 11) is 0. The molecule has 0 aliphatic carbocycles. The average Bonchev–Trinajstić information content (AvgIpc) is 2.34. The lowest BCUT2D eigenvalue weighted by atomic mass is 10.4. The zero-order chi connectivity index (χ0) is 10.7. The molecule has 0 radical (unpaired) electrons. The summed E-state index contributed by atoms with van der Waals surface area (Å²) < 4.78 is 23.2. The summed E-state index contributed by atoms with van der Waals surface area (Å²) in [5.74, 6) is -1.44. The molecule has 0 aromatic rings. The Morgan fingerprint density at radius 3 is 2.29 bits per heavy atom. The lowest BCUT2D eigenvalue weighted by molar-refractivity contribution is -0.174. The Morgan fingerprint density at radius 1 is 1.36 bits per heavy atom. The fourth-order valence-electron chi connectivity index (χ4n) is 0.803. The van der Waals surface area contributed by atoms with E-state index in [2.05, 4.69) is 9.02 Å².